The largest absolute Gasteiger partial charge is 0.395 e. The summed E-state index contributed by atoms with van der Waals surface area (Å²) in [6.07, 6.45) is 0. The first-order chi connectivity index (χ1) is 7.52. The van der Waals surface area contributed by atoms with Gasteiger partial charge in [0, 0.05) is 26.2 Å². The van der Waals surface area contributed by atoms with Crippen LogP contribution in [0.15, 0.2) is 0 Å². The lowest BCUT2D eigenvalue weighted by atomic mass is 10.2. The number of rotatable bonds is 8. The molecule has 16 heavy (non-hydrogen) atoms. The van der Waals surface area contributed by atoms with E-state index in [1.54, 1.807) is 7.11 Å². The van der Waals surface area contributed by atoms with Gasteiger partial charge in [0.25, 0.3) is 0 Å². The van der Waals surface area contributed by atoms with Crippen molar-refractivity contribution in [3.63, 3.8) is 0 Å². The molecular weight excluding hydrogens is 208 g/mol. The molecule has 0 aromatic heterocycles. The molecule has 0 radical (unpaired) electrons. The molecule has 0 fully saturated rings. The number of hydrogen-bond donors (Lipinski definition) is 2. The van der Waals surface area contributed by atoms with Gasteiger partial charge in [-0.05, 0) is 20.8 Å². The summed E-state index contributed by atoms with van der Waals surface area (Å²) in [6, 6.07) is -0.113. The van der Waals surface area contributed by atoms with Crippen LogP contribution in [-0.4, -0.2) is 61.4 Å². The lowest BCUT2D eigenvalue weighted by molar-refractivity contribution is -0.126. The van der Waals surface area contributed by atoms with Crippen LogP contribution in [0.25, 0.3) is 0 Å². The lowest BCUT2D eigenvalue weighted by Gasteiger charge is -2.27. The van der Waals surface area contributed by atoms with E-state index in [9.17, 15) is 4.79 Å². The quantitative estimate of drug-likeness (QED) is 0.610. The normalized spacial score (nSPS) is 13.2. The first-order valence-electron chi connectivity index (χ1n) is 5.67. The molecule has 0 aromatic rings. The Morgan fingerprint density at radius 1 is 1.38 bits per heavy atom. The third-order valence-electron chi connectivity index (χ3n) is 2.33. The van der Waals surface area contributed by atoms with Crippen molar-refractivity contribution < 1.29 is 14.6 Å². The van der Waals surface area contributed by atoms with Crippen LogP contribution in [-0.2, 0) is 9.53 Å². The second kappa shape index (κ2) is 8.50. The van der Waals surface area contributed by atoms with Gasteiger partial charge in [-0.3, -0.25) is 9.69 Å². The van der Waals surface area contributed by atoms with E-state index in [-0.39, 0.29) is 24.6 Å². The maximum absolute atomic E-state index is 11.8. The zero-order chi connectivity index (χ0) is 12.6. The molecule has 0 bridgehead atoms. The van der Waals surface area contributed by atoms with Crippen LogP contribution in [0.3, 0.4) is 0 Å². The number of amides is 1. The van der Waals surface area contributed by atoms with Crippen molar-refractivity contribution in [1.82, 2.24) is 10.2 Å². The maximum Gasteiger partial charge on any atom is 0.237 e. The summed E-state index contributed by atoms with van der Waals surface area (Å²) in [7, 11) is 1.62. The number of nitrogens with zero attached hydrogens (tertiary/aromatic N) is 1. The summed E-state index contributed by atoms with van der Waals surface area (Å²) in [4.78, 5) is 13.7. The molecule has 1 amide bonds. The summed E-state index contributed by atoms with van der Waals surface area (Å²) >= 11 is 0. The van der Waals surface area contributed by atoms with Crippen LogP contribution >= 0.6 is 0 Å². The summed E-state index contributed by atoms with van der Waals surface area (Å²) in [5.41, 5.74) is 0. The average Bonchev–Trinajstić information content (AvgIpc) is 2.22. The van der Waals surface area contributed by atoms with Gasteiger partial charge in [-0.2, -0.15) is 0 Å². The van der Waals surface area contributed by atoms with E-state index in [0.717, 1.165) is 0 Å². The first-order valence-corrected chi connectivity index (χ1v) is 5.67. The molecule has 5 heteroatoms. The molecule has 0 saturated heterocycles. The van der Waals surface area contributed by atoms with Gasteiger partial charge in [0.1, 0.15) is 0 Å². The van der Waals surface area contributed by atoms with E-state index >= 15 is 0 Å². The Morgan fingerprint density at radius 2 is 2.00 bits per heavy atom. The molecule has 5 nitrogen and oxygen atoms in total. The first kappa shape index (κ1) is 15.3. The van der Waals surface area contributed by atoms with E-state index < -0.39 is 0 Å². The van der Waals surface area contributed by atoms with Crippen molar-refractivity contribution in [2.24, 2.45) is 0 Å². The maximum atomic E-state index is 11.8. The van der Waals surface area contributed by atoms with E-state index in [1.165, 1.54) is 0 Å². The Balaban J connectivity index is 4.23. The minimum atomic E-state index is -0.246. The van der Waals surface area contributed by atoms with Crippen molar-refractivity contribution >= 4 is 5.91 Å². The summed E-state index contributed by atoms with van der Waals surface area (Å²) in [5.74, 6) is -0.0143. The third kappa shape index (κ3) is 6.05. The number of aliphatic hydroxyl groups excluding tert-OH is 1. The van der Waals surface area contributed by atoms with Gasteiger partial charge in [0.15, 0.2) is 0 Å². The fraction of sp³-hybridized carbons (Fsp3) is 0.909. The zero-order valence-electron chi connectivity index (χ0n) is 10.7. The molecule has 0 aliphatic rings. The molecule has 96 valence electrons. The molecule has 0 heterocycles. The minimum absolute atomic E-state index is 0.0143. The number of methoxy groups -OCH3 is 1. The van der Waals surface area contributed by atoms with Gasteiger partial charge in [-0.1, -0.05) is 0 Å². The van der Waals surface area contributed by atoms with E-state index in [2.05, 4.69) is 5.32 Å². The Bertz CT molecular complexity index is 198. The molecule has 1 unspecified atom stereocenters. The smallest absolute Gasteiger partial charge is 0.237 e. The summed E-state index contributed by atoms with van der Waals surface area (Å²) < 4.78 is 4.97. The Morgan fingerprint density at radius 3 is 2.44 bits per heavy atom. The highest BCUT2D eigenvalue weighted by atomic mass is 16.5. The van der Waals surface area contributed by atoms with Crippen LogP contribution in [0.2, 0.25) is 0 Å². The summed E-state index contributed by atoms with van der Waals surface area (Å²) in [5, 5.41) is 11.8. The topological polar surface area (TPSA) is 61.8 Å². The molecular formula is C11H24N2O3. The second-order valence-electron chi connectivity index (χ2n) is 4.09. The molecule has 0 aliphatic carbocycles. The van der Waals surface area contributed by atoms with Crippen molar-refractivity contribution in [2.45, 2.75) is 32.9 Å². The van der Waals surface area contributed by atoms with Crippen LogP contribution in [0.5, 0.6) is 0 Å². The van der Waals surface area contributed by atoms with Gasteiger partial charge >= 0.3 is 0 Å². The van der Waals surface area contributed by atoms with Crippen LogP contribution in [0, 0.1) is 0 Å². The molecule has 0 saturated carbocycles. The molecule has 0 spiro atoms. The second-order valence-corrected chi connectivity index (χ2v) is 4.09. The highest BCUT2D eigenvalue weighted by Crippen LogP contribution is 1.99. The SMILES string of the molecule is COCCN(CCO)C(C)C(=O)NC(C)C. The minimum Gasteiger partial charge on any atom is -0.395 e. The Kier molecular flexibility index (Phi) is 8.15. The average molecular weight is 232 g/mol. The molecule has 1 atom stereocenters. The van der Waals surface area contributed by atoms with Crippen molar-refractivity contribution in [3.8, 4) is 0 Å². The number of carbonyl (C=O) groups excluding carboxylic acids is 1. The van der Waals surface area contributed by atoms with Gasteiger partial charge in [-0.15, -0.1) is 0 Å². The standard InChI is InChI=1S/C11H24N2O3/c1-9(2)12-11(15)10(3)13(5-7-14)6-8-16-4/h9-10,14H,5-8H2,1-4H3,(H,12,15). The fourth-order valence-electron chi connectivity index (χ4n) is 1.41. The highest BCUT2D eigenvalue weighted by Gasteiger charge is 2.20. The number of ether oxygens (including phenoxy) is 1. The van der Waals surface area contributed by atoms with Crippen molar-refractivity contribution in [2.75, 3.05) is 33.4 Å². The predicted molar refractivity (Wildman–Crippen MR) is 63.3 cm³/mol. The molecule has 0 aromatic carbocycles. The van der Waals surface area contributed by atoms with Crippen molar-refractivity contribution in [3.05, 3.63) is 0 Å². The molecule has 0 aliphatic heterocycles. The fourth-order valence-corrected chi connectivity index (χ4v) is 1.41. The van der Waals surface area contributed by atoms with Gasteiger partial charge in [0.2, 0.25) is 5.91 Å². The zero-order valence-corrected chi connectivity index (χ0v) is 10.7. The van der Waals surface area contributed by atoms with Gasteiger partial charge in [-0.25, -0.2) is 0 Å². The van der Waals surface area contributed by atoms with E-state index in [0.29, 0.717) is 19.7 Å². The molecule has 0 rings (SSSR count). The number of aliphatic hydroxyl groups is 1. The van der Waals surface area contributed by atoms with Gasteiger partial charge in [0.05, 0.1) is 19.3 Å². The monoisotopic (exact) mass is 232 g/mol. The summed E-state index contributed by atoms with van der Waals surface area (Å²) in [6.45, 7) is 7.41. The Hall–Kier alpha value is -0.650. The van der Waals surface area contributed by atoms with E-state index in [1.807, 2.05) is 25.7 Å². The third-order valence-corrected chi connectivity index (χ3v) is 2.33. The lowest BCUT2D eigenvalue weighted by Crippen LogP contribution is -2.48. The molecule has 2 N–H and O–H groups in total. The number of hydrogen-bond acceptors (Lipinski definition) is 4. The number of carbonyl (C=O) groups is 1. The number of nitrogens with one attached hydrogen (secondary N) is 1. The predicted octanol–water partition coefficient (Wildman–Crippen LogP) is -0.160. The highest BCUT2D eigenvalue weighted by molar-refractivity contribution is 5.81. The van der Waals surface area contributed by atoms with Crippen LogP contribution in [0.1, 0.15) is 20.8 Å². The van der Waals surface area contributed by atoms with E-state index in [4.69, 9.17) is 9.84 Å². The van der Waals surface area contributed by atoms with Crippen molar-refractivity contribution in [1.29, 1.82) is 0 Å². The Labute approximate surface area is 97.8 Å². The van der Waals surface area contributed by atoms with Crippen LogP contribution < -0.4 is 5.32 Å². The van der Waals surface area contributed by atoms with Crippen LogP contribution in [0.4, 0.5) is 0 Å². The van der Waals surface area contributed by atoms with Gasteiger partial charge < -0.3 is 15.2 Å².